The molecule has 0 saturated heterocycles. The highest BCUT2D eigenvalue weighted by atomic mass is 16.2. The van der Waals surface area contributed by atoms with Crippen LogP contribution in [0.1, 0.15) is 52.9 Å². The summed E-state index contributed by atoms with van der Waals surface area (Å²) in [6, 6.07) is 14.7. The molecule has 198 valence electrons. The van der Waals surface area contributed by atoms with Crippen LogP contribution in [0.3, 0.4) is 0 Å². The van der Waals surface area contributed by atoms with Crippen molar-refractivity contribution in [2.75, 3.05) is 34.8 Å². The van der Waals surface area contributed by atoms with Crippen LogP contribution in [0.25, 0.3) is 0 Å². The highest BCUT2D eigenvalue weighted by molar-refractivity contribution is 6.22. The molecule has 2 aromatic carbocycles. The number of urea groups is 1. The highest BCUT2D eigenvalue weighted by Gasteiger charge is 2.44. The zero-order valence-corrected chi connectivity index (χ0v) is 22.2. The first kappa shape index (κ1) is 26.7. The molecule has 2 unspecified atom stereocenters. The second-order valence-electron chi connectivity index (χ2n) is 9.90. The lowest BCUT2D eigenvalue weighted by molar-refractivity contribution is -0.129. The quantitative estimate of drug-likeness (QED) is 0.504. The van der Waals surface area contributed by atoms with E-state index < -0.39 is 18.0 Å². The number of hydrogen-bond donors (Lipinski definition) is 2. The fourth-order valence-electron chi connectivity index (χ4n) is 5.59. The third kappa shape index (κ3) is 5.96. The van der Waals surface area contributed by atoms with Crippen molar-refractivity contribution in [3.8, 4) is 0 Å². The van der Waals surface area contributed by atoms with E-state index in [-0.39, 0.29) is 12.1 Å². The van der Waals surface area contributed by atoms with Crippen molar-refractivity contribution < 1.29 is 14.4 Å². The van der Waals surface area contributed by atoms with Crippen LogP contribution in [0.4, 0.5) is 21.9 Å². The molecule has 0 bridgehead atoms. The van der Waals surface area contributed by atoms with Crippen molar-refractivity contribution in [2.45, 2.75) is 65.1 Å². The molecule has 1 heterocycles. The Hall–Kier alpha value is -3.39. The third-order valence-electron chi connectivity index (χ3n) is 7.62. The van der Waals surface area contributed by atoms with Gasteiger partial charge in [0.05, 0.1) is 17.5 Å². The molecule has 1 saturated carbocycles. The van der Waals surface area contributed by atoms with Crippen LogP contribution in [-0.2, 0) is 9.59 Å². The Balaban J connectivity index is 1.72. The first-order chi connectivity index (χ1) is 17.9. The minimum absolute atomic E-state index is 0.299. The summed E-state index contributed by atoms with van der Waals surface area (Å²) in [5.41, 5.74) is 2.01. The van der Waals surface area contributed by atoms with Crippen molar-refractivity contribution in [1.29, 1.82) is 0 Å². The topological polar surface area (TPSA) is 85.0 Å². The summed E-state index contributed by atoms with van der Waals surface area (Å²) in [7, 11) is 0. The van der Waals surface area contributed by atoms with Crippen LogP contribution in [0, 0.1) is 5.92 Å². The number of anilines is 3. The van der Waals surface area contributed by atoms with Crippen molar-refractivity contribution in [2.24, 2.45) is 5.92 Å². The van der Waals surface area contributed by atoms with E-state index in [4.69, 9.17) is 0 Å². The molecule has 2 aromatic rings. The molecule has 0 radical (unpaired) electrons. The van der Waals surface area contributed by atoms with Gasteiger partial charge >= 0.3 is 6.03 Å². The number of nitrogens with zero attached hydrogens (tertiary/aromatic N) is 3. The van der Waals surface area contributed by atoms with Gasteiger partial charge in [0.2, 0.25) is 0 Å². The largest absolute Gasteiger partial charge is 0.320 e. The molecule has 2 N–H and O–H groups in total. The fraction of sp³-hybridized carbons (Fsp3) is 0.483. The van der Waals surface area contributed by atoms with Crippen LogP contribution < -0.4 is 20.4 Å². The lowest BCUT2D eigenvalue weighted by Crippen LogP contribution is -2.60. The van der Waals surface area contributed by atoms with Gasteiger partial charge in [0.1, 0.15) is 0 Å². The van der Waals surface area contributed by atoms with Crippen molar-refractivity contribution >= 4 is 34.9 Å². The van der Waals surface area contributed by atoms with E-state index >= 15 is 0 Å². The van der Waals surface area contributed by atoms with E-state index in [0.29, 0.717) is 23.8 Å². The van der Waals surface area contributed by atoms with Gasteiger partial charge in [0.15, 0.2) is 6.04 Å². The lowest BCUT2D eigenvalue weighted by Gasteiger charge is -2.37. The Bertz CT molecular complexity index is 1080. The number of rotatable bonds is 8. The Morgan fingerprint density at radius 3 is 2.19 bits per heavy atom. The van der Waals surface area contributed by atoms with Gasteiger partial charge in [-0.2, -0.15) is 0 Å². The van der Waals surface area contributed by atoms with E-state index in [2.05, 4.69) is 29.4 Å². The third-order valence-corrected chi connectivity index (χ3v) is 7.62. The van der Waals surface area contributed by atoms with Gasteiger partial charge in [-0.05, 0) is 63.0 Å². The first-order valence-corrected chi connectivity index (χ1v) is 13.5. The predicted octanol–water partition coefficient (Wildman–Crippen LogP) is 4.82. The van der Waals surface area contributed by atoms with Gasteiger partial charge in [0.25, 0.3) is 11.8 Å². The molecule has 37 heavy (non-hydrogen) atoms. The molecule has 1 fully saturated rings. The maximum absolute atomic E-state index is 14.1. The number of nitrogens with one attached hydrogen (secondary N) is 2. The first-order valence-electron chi connectivity index (χ1n) is 13.5. The van der Waals surface area contributed by atoms with E-state index in [9.17, 15) is 14.4 Å². The Morgan fingerprint density at radius 1 is 0.919 bits per heavy atom. The molecular formula is C29H39N5O3. The molecule has 8 heteroatoms. The molecule has 2 atom stereocenters. The highest BCUT2D eigenvalue weighted by Crippen LogP contribution is 2.37. The van der Waals surface area contributed by atoms with Gasteiger partial charge < -0.3 is 15.5 Å². The van der Waals surface area contributed by atoms with Crippen molar-refractivity contribution in [1.82, 2.24) is 10.2 Å². The van der Waals surface area contributed by atoms with Crippen LogP contribution in [0.5, 0.6) is 0 Å². The maximum Gasteiger partial charge on any atom is 0.320 e. The van der Waals surface area contributed by atoms with Gasteiger partial charge in [-0.25, -0.2) is 4.79 Å². The van der Waals surface area contributed by atoms with E-state index in [0.717, 1.165) is 44.5 Å². The monoisotopic (exact) mass is 505 g/mol. The normalized spacial score (nSPS) is 19.4. The summed E-state index contributed by atoms with van der Waals surface area (Å²) in [4.78, 5) is 46.8. The summed E-state index contributed by atoms with van der Waals surface area (Å²) >= 11 is 0. The van der Waals surface area contributed by atoms with E-state index in [1.165, 1.54) is 6.42 Å². The molecular weight excluding hydrogens is 466 g/mol. The minimum Gasteiger partial charge on any atom is -0.318 e. The molecule has 1 aliphatic carbocycles. The molecule has 4 amide bonds. The summed E-state index contributed by atoms with van der Waals surface area (Å²) in [5.74, 6) is -0.446. The summed E-state index contributed by atoms with van der Waals surface area (Å²) < 4.78 is 0. The maximum atomic E-state index is 14.1. The van der Waals surface area contributed by atoms with Crippen LogP contribution in [0.2, 0.25) is 0 Å². The molecule has 0 aromatic heterocycles. The summed E-state index contributed by atoms with van der Waals surface area (Å²) in [5, 5.41) is 5.47. The Labute approximate surface area is 220 Å². The van der Waals surface area contributed by atoms with E-state index in [1.807, 2.05) is 49.4 Å². The molecule has 2 aliphatic rings. The number of hydrogen-bond acceptors (Lipinski definition) is 4. The standard InChI is InChI=1S/C29H39N5O3/c1-4-32(5-2)21(3)34-25-19-13-12-18-24(25)33(20-22-14-8-6-9-15-22)27(35)26(28(34)36)31-29(37)30-23-16-10-7-11-17-23/h7,10-13,16-19,21-22,26H,4-6,8-9,14-15,20H2,1-3H3,(H2,30,31,37). The molecule has 8 nitrogen and oxygen atoms in total. The van der Waals surface area contributed by atoms with Crippen molar-refractivity contribution in [3.05, 3.63) is 54.6 Å². The lowest BCUT2D eigenvalue weighted by atomic mass is 9.88. The fourth-order valence-corrected chi connectivity index (χ4v) is 5.59. The zero-order chi connectivity index (χ0) is 26.4. The van der Waals surface area contributed by atoms with Gasteiger partial charge in [-0.1, -0.05) is 63.4 Å². The average molecular weight is 506 g/mol. The number of benzene rings is 2. The number of para-hydroxylation sites is 3. The van der Waals surface area contributed by atoms with Crippen molar-refractivity contribution in [3.63, 3.8) is 0 Å². The zero-order valence-electron chi connectivity index (χ0n) is 22.2. The predicted molar refractivity (Wildman–Crippen MR) is 148 cm³/mol. The molecule has 1 aliphatic heterocycles. The van der Waals surface area contributed by atoms with Gasteiger partial charge in [0, 0.05) is 12.2 Å². The number of carbonyl (C=O) groups excluding carboxylic acids is 3. The average Bonchev–Trinajstić information content (AvgIpc) is 2.99. The summed E-state index contributed by atoms with van der Waals surface area (Å²) in [6.07, 6.45) is 5.35. The minimum atomic E-state index is -1.34. The molecule has 4 rings (SSSR count). The summed E-state index contributed by atoms with van der Waals surface area (Å²) in [6.45, 7) is 8.11. The van der Waals surface area contributed by atoms with Gasteiger partial charge in [-0.15, -0.1) is 0 Å². The SMILES string of the molecule is CCN(CC)C(C)N1C(=O)C(NC(=O)Nc2ccccc2)C(=O)N(CC2CCCCC2)c2ccccc21. The Kier molecular flexibility index (Phi) is 8.82. The second kappa shape index (κ2) is 12.2. The number of fused-ring (bicyclic) bond motifs is 1. The molecule has 0 spiro atoms. The Morgan fingerprint density at radius 2 is 1.54 bits per heavy atom. The number of amides is 4. The van der Waals surface area contributed by atoms with Crippen LogP contribution in [-0.4, -0.2) is 54.6 Å². The van der Waals surface area contributed by atoms with Gasteiger partial charge in [-0.3, -0.25) is 19.4 Å². The smallest absolute Gasteiger partial charge is 0.318 e. The number of carbonyl (C=O) groups is 3. The second-order valence-corrected chi connectivity index (χ2v) is 9.90. The van der Waals surface area contributed by atoms with E-state index in [1.54, 1.807) is 21.9 Å². The van der Waals surface area contributed by atoms with Crippen LogP contribution in [0.15, 0.2) is 54.6 Å². The van der Waals surface area contributed by atoms with Crippen LogP contribution >= 0.6 is 0 Å².